The predicted molar refractivity (Wildman–Crippen MR) is 73.4 cm³/mol. The topological polar surface area (TPSA) is 85.0 Å². The first-order chi connectivity index (χ1) is 9.13. The van der Waals surface area contributed by atoms with Gasteiger partial charge < -0.3 is 10.6 Å². The van der Waals surface area contributed by atoms with Crippen LogP contribution >= 0.6 is 0 Å². The molecule has 2 N–H and O–H groups in total. The summed E-state index contributed by atoms with van der Waals surface area (Å²) in [7, 11) is 1.75. The van der Waals surface area contributed by atoms with Crippen molar-refractivity contribution in [1.29, 1.82) is 0 Å². The Hall–Kier alpha value is -1.63. The molecule has 1 aliphatic heterocycles. The number of hydrogen-bond donors (Lipinski definition) is 2. The number of aryl methyl sites for hydroxylation is 2. The maximum absolute atomic E-state index is 11.3. The monoisotopic (exact) mass is 267 g/mol. The molecule has 7 heteroatoms. The van der Waals surface area contributed by atoms with Gasteiger partial charge in [0.1, 0.15) is 5.69 Å². The summed E-state index contributed by atoms with van der Waals surface area (Å²) in [6.07, 6.45) is 3.60. The molecule has 1 atom stereocenters. The lowest BCUT2D eigenvalue weighted by Crippen LogP contribution is -2.38. The fourth-order valence-corrected chi connectivity index (χ4v) is 2.50. The van der Waals surface area contributed by atoms with Gasteiger partial charge in [0.05, 0.1) is 4.92 Å². The second-order valence-electron chi connectivity index (χ2n) is 4.96. The van der Waals surface area contributed by atoms with Crippen molar-refractivity contribution in [2.45, 2.75) is 38.6 Å². The van der Waals surface area contributed by atoms with E-state index in [0.717, 1.165) is 32.4 Å². The molecule has 0 saturated carbocycles. The van der Waals surface area contributed by atoms with Crippen LogP contribution in [0.5, 0.6) is 0 Å². The van der Waals surface area contributed by atoms with Crippen LogP contribution in [0.1, 0.15) is 31.9 Å². The Morgan fingerprint density at radius 1 is 1.63 bits per heavy atom. The van der Waals surface area contributed by atoms with Gasteiger partial charge in [-0.15, -0.1) is 0 Å². The van der Waals surface area contributed by atoms with Gasteiger partial charge in [0.2, 0.25) is 5.82 Å². The minimum absolute atomic E-state index is 0.134. The molecule has 106 valence electrons. The third-order valence-corrected chi connectivity index (χ3v) is 3.40. The average Bonchev–Trinajstić information content (AvgIpc) is 2.68. The van der Waals surface area contributed by atoms with Crippen LogP contribution in [-0.2, 0) is 13.5 Å². The number of nitrogens with one attached hydrogen (secondary N) is 2. The molecular weight excluding hydrogens is 246 g/mol. The Morgan fingerprint density at radius 2 is 2.42 bits per heavy atom. The number of rotatable bonds is 5. The van der Waals surface area contributed by atoms with Gasteiger partial charge in [-0.3, -0.25) is 10.1 Å². The standard InChI is InChI=1S/C12H21N5O2/c1-3-5-10-11(17(18)19)12(16(2)15-10)14-9-6-4-7-13-8-9/h9,13-14H,3-8H2,1-2H3. The van der Waals surface area contributed by atoms with Crippen molar-refractivity contribution >= 4 is 11.5 Å². The van der Waals surface area contributed by atoms with Crippen LogP contribution in [0.4, 0.5) is 11.5 Å². The van der Waals surface area contributed by atoms with Crippen molar-refractivity contribution < 1.29 is 4.92 Å². The van der Waals surface area contributed by atoms with Gasteiger partial charge >= 0.3 is 5.69 Å². The Labute approximate surface area is 112 Å². The molecule has 0 aromatic carbocycles. The van der Waals surface area contributed by atoms with Crippen LogP contribution < -0.4 is 10.6 Å². The molecule has 2 heterocycles. The molecule has 0 aliphatic carbocycles. The summed E-state index contributed by atoms with van der Waals surface area (Å²) in [5.74, 6) is 0.530. The summed E-state index contributed by atoms with van der Waals surface area (Å²) in [5.41, 5.74) is 0.705. The molecule has 1 aromatic rings. The van der Waals surface area contributed by atoms with Crippen molar-refractivity contribution in [3.05, 3.63) is 15.8 Å². The van der Waals surface area contributed by atoms with E-state index in [-0.39, 0.29) is 16.7 Å². The molecule has 1 aromatic heterocycles. The fraction of sp³-hybridized carbons (Fsp3) is 0.750. The molecule has 0 amide bonds. The Bertz CT molecular complexity index is 451. The number of aromatic nitrogens is 2. The normalized spacial score (nSPS) is 19.4. The summed E-state index contributed by atoms with van der Waals surface area (Å²) < 4.78 is 1.59. The molecular formula is C12H21N5O2. The first-order valence-corrected chi connectivity index (χ1v) is 6.81. The second kappa shape index (κ2) is 6.01. The third-order valence-electron chi connectivity index (χ3n) is 3.40. The van der Waals surface area contributed by atoms with E-state index in [1.54, 1.807) is 11.7 Å². The summed E-state index contributed by atoms with van der Waals surface area (Å²) in [6.45, 7) is 3.86. The van der Waals surface area contributed by atoms with Crippen LogP contribution in [0.2, 0.25) is 0 Å². The van der Waals surface area contributed by atoms with E-state index in [1.165, 1.54) is 0 Å². The van der Waals surface area contributed by atoms with E-state index in [0.29, 0.717) is 17.9 Å². The molecule has 0 bridgehead atoms. The number of hydrogen-bond acceptors (Lipinski definition) is 5. The van der Waals surface area contributed by atoms with Crippen molar-refractivity contribution in [1.82, 2.24) is 15.1 Å². The van der Waals surface area contributed by atoms with Crippen molar-refractivity contribution in [2.24, 2.45) is 7.05 Å². The fourth-order valence-electron chi connectivity index (χ4n) is 2.50. The summed E-state index contributed by atoms with van der Waals surface area (Å²) in [6, 6.07) is 0.234. The zero-order valence-corrected chi connectivity index (χ0v) is 11.5. The zero-order valence-electron chi connectivity index (χ0n) is 11.5. The summed E-state index contributed by atoms with van der Waals surface area (Å²) in [4.78, 5) is 10.9. The third kappa shape index (κ3) is 3.04. The molecule has 0 spiro atoms. The lowest BCUT2D eigenvalue weighted by Gasteiger charge is -2.24. The van der Waals surface area contributed by atoms with Crippen LogP contribution in [0.25, 0.3) is 0 Å². The highest BCUT2D eigenvalue weighted by atomic mass is 16.6. The lowest BCUT2D eigenvalue weighted by molar-refractivity contribution is -0.384. The van der Waals surface area contributed by atoms with E-state index >= 15 is 0 Å². The Kier molecular flexibility index (Phi) is 4.36. The number of piperidine rings is 1. The maximum Gasteiger partial charge on any atom is 0.333 e. The lowest BCUT2D eigenvalue weighted by atomic mass is 10.1. The van der Waals surface area contributed by atoms with E-state index in [2.05, 4.69) is 15.7 Å². The molecule has 1 unspecified atom stereocenters. The first-order valence-electron chi connectivity index (χ1n) is 6.81. The van der Waals surface area contributed by atoms with Crippen LogP contribution in [0, 0.1) is 10.1 Å². The van der Waals surface area contributed by atoms with Gasteiger partial charge in [-0.05, 0) is 25.8 Å². The number of anilines is 1. The summed E-state index contributed by atoms with van der Waals surface area (Å²) in [5, 5.41) is 22.1. The van der Waals surface area contributed by atoms with Crippen molar-refractivity contribution in [2.75, 3.05) is 18.4 Å². The van der Waals surface area contributed by atoms with E-state index in [4.69, 9.17) is 0 Å². The number of nitro groups is 1. The first kappa shape index (κ1) is 13.8. The smallest absolute Gasteiger partial charge is 0.333 e. The molecule has 1 aliphatic rings. The van der Waals surface area contributed by atoms with Gasteiger partial charge in [0.15, 0.2) is 0 Å². The highest BCUT2D eigenvalue weighted by Crippen LogP contribution is 2.30. The van der Waals surface area contributed by atoms with Crippen LogP contribution in [0.15, 0.2) is 0 Å². The van der Waals surface area contributed by atoms with Crippen LogP contribution in [0.3, 0.4) is 0 Å². The average molecular weight is 267 g/mol. The molecule has 7 nitrogen and oxygen atoms in total. The summed E-state index contributed by atoms with van der Waals surface area (Å²) >= 11 is 0. The van der Waals surface area contributed by atoms with Gasteiger partial charge in [-0.25, -0.2) is 4.68 Å². The predicted octanol–water partition coefficient (Wildman–Crippen LogP) is 1.44. The highest BCUT2D eigenvalue weighted by Gasteiger charge is 2.28. The molecule has 1 saturated heterocycles. The van der Waals surface area contributed by atoms with Crippen LogP contribution in [-0.4, -0.2) is 33.8 Å². The Morgan fingerprint density at radius 3 is 3.00 bits per heavy atom. The van der Waals surface area contributed by atoms with E-state index < -0.39 is 0 Å². The maximum atomic E-state index is 11.3. The van der Waals surface area contributed by atoms with E-state index in [1.807, 2.05) is 6.92 Å². The SMILES string of the molecule is CCCc1nn(C)c(NC2CCCNC2)c1[N+](=O)[O-]. The van der Waals surface area contributed by atoms with Gasteiger partial charge in [-0.2, -0.15) is 5.10 Å². The molecule has 19 heavy (non-hydrogen) atoms. The van der Waals surface area contributed by atoms with Crippen molar-refractivity contribution in [3.8, 4) is 0 Å². The molecule has 0 radical (unpaired) electrons. The minimum Gasteiger partial charge on any atom is -0.361 e. The minimum atomic E-state index is -0.323. The van der Waals surface area contributed by atoms with Gasteiger partial charge in [0, 0.05) is 19.6 Å². The number of nitrogens with zero attached hydrogens (tertiary/aromatic N) is 3. The quantitative estimate of drug-likeness (QED) is 0.623. The second-order valence-corrected chi connectivity index (χ2v) is 4.96. The highest BCUT2D eigenvalue weighted by molar-refractivity contribution is 5.60. The zero-order chi connectivity index (χ0) is 13.8. The van der Waals surface area contributed by atoms with E-state index in [9.17, 15) is 10.1 Å². The van der Waals surface area contributed by atoms with Gasteiger partial charge in [-0.1, -0.05) is 13.3 Å². The Balaban J connectivity index is 2.24. The molecule has 2 rings (SSSR count). The largest absolute Gasteiger partial charge is 0.361 e. The molecule has 1 fully saturated rings. The van der Waals surface area contributed by atoms with Gasteiger partial charge in [0.25, 0.3) is 0 Å². The van der Waals surface area contributed by atoms with Crippen molar-refractivity contribution in [3.63, 3.8) is 0 Å².